The number of rotatable bonds is 5. The minimum atomic E-state index is -0.973. The lowest BCUT2D eigenvalue weighted by molar-refractivity contribution is 0.0696. The van der Waals surface area contributed by atoms with Crippen LogP contribution >= 0.6 is 0 Å². The molecule has 1 aromatic heterocycles. The van der Waals surface area contributed by atoms with Crippen molar-refractivity contribution in [2.75, 3.05) is 5.32 Å². The molecule has 1 heterocycles. The maximum atomic E-state index is 11.2. The van der Waals surface area contributed by atoms with Gasteiger partial charge in [0.25, 0.3) is 0 Å². The summed E-state index contributed by atoms with van der Waals surface area (Å²) in [4.78, 5) is 15.4. The van der Waals surface area contributed by atoms with Crippen molar-refractivity contribution in [2.24, 2.45) is 10.2 Å². The molecule has 124 valence electrons. The fourth-order valence-electron chi connectivity index (χ4n) is 2.21. The molecule has 2 N–H and O–H groups in total. The second-order valence-corrected chi connectivity index (χ2v) is 5.39. The summed E-state index contributed by atoms with van der Waals surface area (Å²) in [5.74, 6) is -0.211. The molecule has 6 heteroatoms. The molecule has 0 saturated heterocycles. The molecular weight excluding hydrogens is 316 g/mol. The van der Waals surface area contributed by atoms with Crippen LogP contribution in [0.2, 0.25) is 0 Å². The van der Waals surface area contributed by atoms with E-state index >= 15 is 0 Å². The molecule has 0 spiro atoms. The highest BCUT2D eigenvalue weighted by Crippen LogP contribution is 2.23. The van der Waals surface area contributed by atoms with Crippen LogP contribution in [0.3, 0.4) is 0 Å². The second-order valence-electron chi connectivity index (χ2n) is 5.39. The smallest absolute Gasteiger partial charge is 0.336 e. The minimum absolute atomic E-state index is 0.228. The van der Waals surface area contributed by atoms with Gasteiger partial charge in [-0.15, -0.1) is 0 Å². The van der Waals surface area contributed by atoms with Gasteiger partial charge in [0.2, 0.25) is 0 Å². The number of carboxylic acid groups (broad SMARTS) is 1. The molecule has 0 fully saturated rings. The molecule has 25 heavy (non-hydrogen) atoms. The average Bonchev–Trinajstić information content (AvgIpc) is 2.63. The zero-order valence-electron chi connectivity index (χ0n) is 13.5. The van der Waals surface area contributed by atoms with Crippen LogP contribution in [0.25, 0.3) is 0 Å². The van der Waals surface area contributed by atoms with Crippen LogP contribution in [0.1, 0.15) is 15.9 Å². The summed E-state index contributed by atoms with van der Waals surface area (Å²) in [7, 11) is 0. The number of azo groups is 1. The van der Waals surface area contributed by atoms with E-state index in [9.17, 15) is 4.79 Å². The summed E-state index contributed by atoms with van der Waals surface area (Å²) in [6, 6.07) is 18.0. The molecule has 0 amide bonds. The Bertz CT molecular complexity index is 906. The summed E-state index contributed by atoms with van der Waals surface area (Å²) < 4.78 is 0. The molecule has 0 aliphatic carbocycles. The standard InChI is InChI=1S/C19H16N4O2/c1-13-5-6-16(12-17(13)19(24)25)23-22-15-9-7-14(8-10-15)21-18-4-2-3-11-20-18/h2-12H,1H3,(H,20,21)(H,24,25). The lowest BCUT2D eigenvalue weighted by atomic mass is 10.1. The maximum absolute atomic E-state index is 11.2. The molecule has 0 unspecified atom stereocenters. The van der Waals surface area contributed by atoms with Crippen LogP contribution in [0.4, 0.5) is 22.9 Å². The molecule has 0 atom stereocenters. The van der Waals surface area contributed by atoms with Gasteiger partial charge >= 0.3 is 5.97 Å². The van der Waals surface area contributed by atoms with E-state index in [0.29, 0.717) is 16.9 Å². The Kier molecular flexibility index (Phi) is 4.80. The van der Waals surface area contributed by atoms with E-state index in [1.54, 1.807) is 25.3 Å². The van der Waals surface area contributed by atoms with Gasteiger partial charge < -0.3 is 10.4 Å². The first kappa shape index (κ1) is 16.3. The van der Waals surface area contributed by atoms with E-state index < -0.39 is 5.97 Å². The number of pyridine rings is 1. The zero-order valence-corrected chi connectivity index (χ0v) is 13.5. The number of hydrogen-bond donors (Lipinski definition) is 2. The first-order valence-electron chi connectivity index (χ1n) is 7.65. The average molecular weight is 332 g/mol. The lowest BCUT2D eigenvalue weighted by Gasteiger charge is -2.04. The number of aromatic carboxylic acids is 1. The highest BCUT2D eigenvalue weighted by atomic mass is 16.4. The first-order chi connectivity index (χ1) is 12.1. The predicted molar refractivity (Wildman–Crippen MR) is 96.3 cm³/mol. The van der Waals surface area contributed by atoms with E-state index in [1.165, 1.54) is 6.07 Å². The fourth-order valence-corrected chi connectivity index (χ4v) is 2.21. The van der Waals surface area contributed by atoms with Crippen molar-refractivity contribution in [3.05, 3.63) is 78.0 Å². The predicted octanol–water partition coefficient (Wildman–Crippen LogP) is 5.25. The van der Waals surface area contributed by atoms with Gasteiger partial charge in [-0.25, -0.2) is 9.78 Å². The number of aromatic nitrogens is 1. The van der Waals surface area contributed by atoms with E-state index in [4.69, 9.17) is 5.11 Å². The van der Waals surface area contributed by atoms with Crippen LogP contribution in [0.5, 0.6) is 0 Å². The summed E-state index contributed by atoms with van der Waals surface area (Å²) in [5.41, 5.74) is 2.98. The number of carboxylic acids is 1. The number of benzene rings is 2. The topological polar surface area (TPSA) is 86.9 Å². The zero-order chi connectivity index (χ0) is 17.6. The highest BCUT2D eigenvalue weighted by molar-refractivity contribution is 5.90. The van der Waals surface area contributed by atoms with Gasteiger partial charge in [-0.2, -0.15) is 10.2 Å². The Balaban J connectivity index is 1.72. The lowest BCUT2D eigenvalue weighted by Crippen LogP contribution is -1.98. The Morgan fingerprint density at radius 1 is 1.00 bits per heavy atom. The number of aryl methyl sites for hydroxylation is 1. The van der Waals surface area contributed by atoms with Gasteiger partial charge in [-0.1, -0.05) is 12.1 Å². The summed E-state index contributed by atoms with van der Waals surface area (Å²) in [5, 5.41) is 20.6. The number of carbonyl (C=O) groups is 1. The number of nitrogens with zero attached hydrogens (tertiary/aromatic N) is 3. The normalized spacial score (nSPS) is 10.8. The molecular formula is C19H16N4O2. The third kappa shape index (κ3) is 4.26. The molecule has 0 saturated carbocycles. The molecule has 0 radical (unpaired) electrons. The van der Waals surface area contributed by atoms with Crippen LogP contribution in [-0.4, -0.2) is 16.1 Å². The van der Waals surface area contributed by atoms with E-state index in [-0.39, 0.29) is 5.56 Å². The van der Waals surface area contributed by atoms with Crippen molar-refractivity contribution in [1.29, 1.82) is 0 Å². The van der Waals surface area contributed by atoms with Crippen LogP contribution in [0, 0.1) is 6.92 Å². The van der Waals surface area contributed by atoms with Crippen molar-refractivity contribution < 1.29 is 9.90 Å². The van der Waals surface area contributed by atoms with Gasteiger partial charge in [0, 0.05) is 11.9 Å². The van der Waals surface area contributed by atoms with Crippen LogP contribution in [0.15, 0.2) is 77.1 Å². The summed E-state index contributed by atoms with van der Waals surface area (Å²) in [6.07, 6.45) is 1.72. The van der Waals surface area contributed by atoms with Gasteiger partial charge in [0.15, 0.2) is 0 Å². The third-order valence-corrected chi connectivity index (χ3v) is 3.54. The molecule has 3 aromatic rings. The Labute approximate surface area is 144 Å². The van der Waals surface area contributed by atoms with Crippen molar-refractivity contribution in [1.82, 2.24) is 4.98 Å². The van der Waals surface area contributed by atoms with Crippen molar-refractivity contribution in [3.63, 3.8) is 0 Å². The summed E-state index contributed by atoms with van der Waals surface area (Å²) >= 11 is 0. The van der Waals surface area contributed by atoms with E-state index in [1.807, 2.05) is 42.5 Å². The highest BCUT2D eigenvalue weighted by Gasteiger charge is 2.07. The Morgan fingerprint density at radius 3 is 2.40 bits per heavy atom. The maximum Gasteiger partial charge on any atom is 0.336 e. The quantitative estimate of drug-likeness (QED) is 0.625. The van der Waals surface area contributed by atoms with E-state index in [0.717, 1.165) is 11.5 Å². The SMILES string of the molecule is Cc1ccc(N=Nc2ccc(Nc3ccccn3)cc2)cc1C(=O)O. The Hall–Kier alpha value is -3.54. The van der Waals surface area contributed by atoms with Gasteiger partial charge in [0.1, 0.15) is 5.82 Å². The van der Waals surface area contributed by atoms with Crippen LogP contribution in [-0.2, 0) is 0 Å². The number of nitrogens with one attached hydrogen (secondary N) is 1. The number of anilines is 2. The molecule has 2 aromatic carbocycles. The second kappa shape index (κ2) is 7.35. The minimum Gasteiger partial charge on any atom is -0.478 e. The molecule has 3 rings (SSSR count). The van der Waals surface area contributed by atoms with Gasteiger partial charge in [0.05, 0.1) is 16.9 Å². The molecule has 0 aliphatic rings. The molecule has 0 bridgehead atoms. The molecule has 0 aliphatic heterocycles. The van der Waals surface area contributed by atoms with Crippen molar-refractivity contribution in [2.45, 2.75) is 6.92 Å². The fraction of sp³-hybridized carbons (Fsp3) is 0.0526. The number of hydrogen-bond acceptors (Lipinski definition) is 5. The monoisotopic (exact) mass is 332 g/mol. The third-order valence-electron chi connectivity index (χ3n) is 3.54. The Morgan fingerprint density at radius 2 is 1.72 bits per heavy atom. The van der Waals surface area contributed by atoms with Crippen LogP contribution < -0.4 is 5.32 Å². The van der Waals surface area contributed by atoms with E-state index in [2.05, 4.69) is 20.5 Å². The molecule has 6 nitrogen and oxygen atoms in total. The largest absolute Gasteiger partial charge is 0.478 e. The van der Waals surface area contributed by atoms with Crippen molar-refractivity contribution >= 4 is 28.8 Å². The summed E-state index contributed by atoms with van der Waals surface area (Å²) in [6.45, 7) is 1.75. The van der Waals surface area contributed by atoms with Gasteiger partial charge in [-0.3, -0.25) is 0 Å². The first-order valence-corrected chi connectivity index (χ1v) is 7.65. The van der Waals surface area contributed by atoms with Gasteiger partial charge in [-0.05, 0) is 61.0 Å². The van der Waals surface area contributed by atoms with Crippen molar-refractivity contribution in [3.8, 4) is 0 Å².